The Labute approximate surface area is 155 Å². The van der Waals surface area contributed by atoms with Crippen LogP contribution in [0.5, 0.6) is 0 Å². The highest BCUT2D eigenvalue weighted by Gasteiger charge is 2.30. The van der Waals surface area contributed by atoms with Crippen LogP contribution in [0, 0.1) is 6.92 Å². The molecule has 0 saturated carbocycles. The molecule has 0 bridgehead atoms. The first-order chi connectivity index (χ1) is 12.0. The number of aromatic carboxylic acids is 1. The fraction of sp³-hybridized carbons (Fsp3) is 0.278. The molecule has 1 saturated heterocycles. The van der Waals surface area contributed by atoms with Gasteiger partial charge in [0.25, 0.3) is 5.91 Å². The molecular weight excluding hydrogens is 360 g/mol. The number of carbonyl (C=O) groups is 2. The molecule has 130 valence electrons. The molecule has 2 heterocycles. The van der Waals surface area contributed by atoms with Gasteiger partial charge in [0.05, 0.1) is 17.3 Å². The lowest BCUT2D eigenvalue weighted by Crippen LogP contribution is -2.41. The fourth-order valence-corrected chi connectivity index (χ4v) is 4.08. The van der Waals surface area contributed by atoms with Gasteiger partial charge in [-0.1, -0.05) is 23.7 Å². The highest BCUT2D eigenvalue weighted by Crippen LogP contribution is 2.31. The van der Waals surface area contributed by atoms with Gasteiger partial charge < -0.3 is 10.0 Å². The number of aryl methyl sites for hydroxylation is 1. The highest BCUT2D eigenvalue weighted by atomic mass is 35.5. The van der Waals surface area contributed by atoms with E-state index < -0.39 is 5.97 Å². The van der Waals surface area contributed by atoms with Crippen molar-refractivity contribution >= 4 is 35.2 Å². The lowest BCUT2D eigenvalue weighted by Gasteiger charge is -2.35. The fourth-order valence-electron chi connectivity index (χ4n) is 2.86. The quantitative estimate of drug-likeness (QED) is 0.884. The van der Waals surface area contributed by atoms with Crippen LogP contribution in [0.15, 0.2) is 36.4 Å². The summed E-state index contributed by atoms with van der Waals surface area (Å²) >= 11 is 7.76. The summed E-state index contributed by atoms with van der Waals surface area (Å²) in [6.07, 6.45) is 0. The number of benzene rings is 1. The van der Waals surface area contributed by atoms with Crippen molar-refractivity contribution in [2.45, 2.75) is 13.0 Å². The van der Waals surface area contributed by atoms with E-state index in [0.29, 0.717) is 17.3 Å². The Morgan fingerprint density at radius 3 is 2.60 bits per heavy atom. The maximum Gasteiger partial charge on any atom is 0.337 e. The van der Waals surface area contributed by atoms with Gasteiger partial charge in [0.1, 0.15) is 5.69 Å². The van der Waals surface area contributed by atoms with Gasteiger partial charge in [0.2, 0.25) is 0 Å². The Morgan fingerprint density at radius 2 is 1.96 bits per heavy atom. The van der Waals surface area contributed by atoms with E-state index in [2.05, 4.69) is 4.98 Å². The van der Waals surface area contributed by atoms with E-state index in [1.165, 1.54) is 12.1 Å². The number of aromatic nitrogens is 1. The molecule has 1 aromatic heterocycles. The van der Waals surface area contributed by atoms with Crippen molar-refractivity contribution in [2.24, 2.45) is 0 Å². The Bertz CT molecular complexity index is 810. The van der Waals surface area contributed by atoms with Gasteiger partial charge in [0.15, 0.2) is 0 Å². The predicted molar refractivity (Wildman–Crippen MR) is 98.5 cm³/mol. The summed E-state index contributed by atoms with van der Waals surface area (Å²) in [7, 11) is 0. The largest absolute Gasteiger partial charge is 0.478 e. The molecule has 1 aromatic carbocycles. The normalized spacial score (nSPS) is 17.4. The maximum absolute atomic E-state index is 13.0. The van der Waals surface area contributed by atoms with Crippen molar-refractivity contribution in [1.82, 2.24) is 9.88 Å². The molecule has 5 nitrogen and oxygen atoms in total. The molecule has 0 spiro atoms. The second-order valence-corrected chi connectivity index (χ2v) is 7.36. The number of thioether (sulfide) groups is 1. The molecule has 0 radical (unpaired) electrons. The van der Waals surface area contributed by atoms with E-state index in [0.717, 1.165) is 17.1 Å². The summed E-state index contributed by atoms with van der Waals surface area (Å²) in [5, 5.41) is 9.77. The Kier molecular flexibility index (Phi) is 5.30. The lowest BCUT2D eigenvalue weighted by molar-refractivity contribution is 0.0679. The number of nitrogens with zero attached hydrogens (tertiary/aromatic N) is 2. The third-order valence-electron chi connectivity index (χ3n) is 4.18. The topological polar surface area (TPSA) is 70.5 Å². The zero-order valence-electron chi connectivity index (χ0n) is 13.6. The summed E-state index contributed by atoms with van der Waals surface area (Å²) < 4.78 is 0. The van der Waals surface area contributed by atoms with Crippen molar-refractivity contribution in [3.8, 4) is 0 Å². The zero-order chi connectivity index (χ0) is 18.0. The summed E-state index contributed by atoms with van der Waals surface area (Å²) in [6, 6.07) is 10.4. The molecule has 1 N–H and O–H groups in total. The van der Waals surface area contributed by atoms with E-state index >= 15 is 0 Å². The number of amides is 1. The first-order valence-electron chi connectivity index (χ1n) is 7.82. The smallest absolute Gasteiger partial charge is 0.337 e. The average Bonchev–Trinajstić information content (AvgIpc) is 2.61. The van der Waals surface area contributed by atoms with E-state index in [4.69, 9.17) is 16.7 Å². The standard InChI is InChI=1S/C18H17ClN2O3S/c1-11-14(18(23)24)6-7-15(20-11)17(22)21-8-9-25-10-16(21)12-2-4-13(19)5-3-12/h2-7,16H,8-10H2,1H3,(H,23,24). The van der Waals surface area contributed by atoms with Gasteiger partial charge in [-0.25, -0.2) is 9.78 Å². The van der Waals surface area contributed by atoms with Crippen LogP contribution in [0.1, 0.15) is 38.1 Å². The van der Waals surface area contributed by atoms with Crippen LogP contribution < -0.4 is 0 Å². The van der Waals surface area contributed by atoms with Gasteiger partial charge >= 0.3 is 5.97 Å². The van der Waals surface area contributed by atoms with Crippen molar-refractivity contribution < 1.29 is 14.7 Å². The van der Waals surface area contributed by atoms with Crippen LogP contribution in [-0.2, 0) is 0 Å². The van der Waals surface area contributed by atoms with Gasteiger partial charge in [-0.3, -0.25) is 4.79 Å². The number of carboxylic acid groups (broad SMARTS) is 1. The Morgan fingerprint density at radius 1 is 1.24 bits per heavy atom. The minimum atomic E-state index is -1.04. The molecule has 3 rings (SSSR count). The number of pyridine rings is 1. The SMILES string of the molecule is Cc1nc(C(=O)N2CCSCC2c2ccc(Cl)cc2)ccc1C(=O)O. The van der Waals surface area contributed by atoms with Gasteiger partial charge in [-0.2, -0.15) is 11.8 Å². The van der Waals surface area contributed by atoms with Gasteiger partial charge in [-0.15, -0.1) is 0 Å². The maximum atomic E-state index is 13.0. The third-order valence-corrected chi connectivity index (χ3v) is 5.45. The Balaban J connectivity index is 1.89. The minimum Gasteiger partial charge on any atom is -0.478 e. The number of carboxylic acids is 1. The number of carbonyl (C=O) groups excluding carboxylic acids is 1. The van der Waals surface area contributed by atoms with Crippen LogP contribution in [0.3, 0.4) is 0 Å². The van der Waals surface area contributed by atoms with Crippen LogP contribution in [0.25, 0.3) is 0 Å². The van der Waals surface area contributed by atoms with Crippen LogP contribution >= 0.6 is 23.4 Å². The molecule has 2 aromatic rings. The zero-order valence-corrected chi connectivity index (χ0v) is 15.2. The first kappa shape index (κ1) is 17.8. The predicted octanol–water partition coefficient (Wildman–Crippen LogP) is 3.67. The highest BCUT2D eigenvalue weighted by molar-refractivity contribution is 7.99. The number of halogens is 1. The summed E-state index contributed by atoms with van der Waals surface area (Å²) in [5.74, 6) is 0.444. The van der Waals surface area contributed by atoms with Crippen LogP contribution in [-0.4, -0.2) is 44.9 Å². The molecule has 1 fully saturated rings. The molecule has 0 aliphatic carbocycles. The second-order valence-electron chi connectivity index (χ2n) is 5.78. The minimum absolute atomic E-state index is 0.0511. The van der Waals surface area contributed by atoms with Gasteiger partial charge in [-0.05, 0) is 36.8 Å². The molecule has 25 heavy (non-hydrogen) atoms. The molecule has 1 aliphatic rings. The van der Waals surface area contributed by atoms with Crippen molar-refractivity contribution in [2.75, 3.05) is 18.1 Å². The van der Waals surface area contributed by atoms with Crippen molar-refractivity contribution in [3.63, 3.8) is 0 Å². The van der Waals surface area contributed by atoms with Crippen molar-refractivity contribution in [1.29, 1.82) is 0 Å². The van der Waals surface area contributed by atoms with E-state index in [9.17, 15) is 9.59 Å². The molecule has 1 aliphatic heterocycles. The average molecular weight is 377 g/mol. The first-order valence-corrected chi connectivity index (χ1v) is 9.36. The lowest BCUT2D eigenvalue weighted by atomic mass is 10.1. The summed E-state index contributed by atoms with van der Waals surface area (Å²) in [6.45, 7) is 2.22. The van der Waals surface area contributed by atoms with Crippen LogP contribution in [0.2, 0.25) is 5.02 Å². The molecule has 1 unspecified atom stereocenters. The molecular formula is C18H17ClN2O3S. The van der Waals surface area contributed by atoms with Gasteiger partial charge in [0, 0.05) is 23.1 Å². The summed E-state index contributed by atoms with van der Waals surface area (Å²) in [4.78, 5) is 30.1. The number of rotatable bonds is 3. The summed E-state index contributed by atoms with van der Waals surface area (Å²) in [5.41, 5.74) is 1.75. The van der Waals surface area contributed by atoms with Crippen molar-refractivity contribution in [3.05, 3.63) is 63.9 Å². The second kappa shape index (κ2) is 7.45. The van der Waals surface area contributed by atoms with E-state index in [-0.39, 0.29) is 23.2 Å². The third kappa shape index (κ3) is 3.80. The number of hydrogen-bond donors (Lipinski definition) is 1. The molecule has 7 heteroatoms. The Hall–Kier alpha value is -2.05. The monoisotopic (exact) mass is 376 g/mol. The number of hydrogen-bond acceptors (Lipinski definition) is 4. The molecule has 1 atom stereocenters. The van der Waals surface area contributed by atoms with E-state index in [1.54, 1.807) is 18.7 Å². The molecule has 1 amide bonds. The van der Waals surface area contributed by atoms with Crippen LogP contribution in [0.4, 0.5) is 0 Å². The van der Waals surface area contributed by atoms with E-state index in [1.807, 2.05) is 29.2 Å².